The monoisotopic (exact) mass is 334 g/mol. The van der Waals surface area contributed by atoms with E-state index in [1.807, 2.05) is 43.3 Å². The second-order valence-corrected chi connectivity index (χ2v) is 5.24. The molecular weight excluding hydrogens is 320 g/mol. The minimum Gasteiger partial charge on any atom is -0.363 e. The van der Waals surface area contributed by atoms with Crippen LogP contribution in [-0.4, -0.2) is 30.0 Å². The third kappa shape index (κ3) is 3.54. The van der Waals surface area contributed by atoms with Gasteiger partial charge in [-0.15, -0.1) is 0 Å². The van der Waals surface area contributed by atoms with E-state index < -0.39 is 0 Å². The van der Waals surface area contributed by atoms with Crippen LogP contribution in [0, 0.1) is 0 Å². The Balaban J connectivity index is 2.04. The lowest BCUT2D eigenvalue weighted by Crippen LogP contribution is -2.24. The summed E-state index contributed by atoms with van der Waals surface area (Å²) in [6, 6.07) is 9.10. The Hall–Kier alpha value is -1.95. The summed E-state index contributed by atoms with van der Waals surface area (Å²) in [6.45, 7) is 0.293. The van der Waals surface area contributed by atoms with Crippen LogP contribution in [0.1, 0.15) is 16.2 Å². The molecule has 1 N–H and O–H groups in total. The smallest absolute Gasteiger partial charge is 0.252 e. The normalized spacial score (nSPS) is 10.2. The van der Waals surface area contributed by atoms with Gasteiger partial charge in [0.2, 0.25) is 0 Å². The van der Waals surface area contributed by atoms with Gasteiger partial charge < -0.3 is 10.2 Å². The zero-order valence-electron chi connectivity index (χ0n) is 11.3. The summed E-state index contributed by atoms with van der Waals surface area (Å²) < 4.78 is 0.764. The Kier molecular flexibility index (Phi) is 4.68. The van der Waals surface area contributed by atoms with Gasteiger partial charge in [-0.1, -0.05) is 12.1 Å². The van der Waals surface area contributed by atoms with Crippen molar-refractivity contribution < 1.29 is 4.79 Å². The van der Waals surface area contributed by atoms with E-state index in [0.29, 0.717) is 17.9 Å². The van der Waals surface area contributed by atoms with Crippen molar-refractivity contribution in [2.45, 2.75) is 6.54 Å². The second-order valence-electron chi connectivity index (χ2n) is 4.39. The maximum atomic E-state index is 12.1. The van der Waals surface area contributed by atoms with Crippen LogP contribution in [0.2, 0.25) is 0 Å². The molecule has 0 spiro atoms. The maximum absolute atomic E-state index is 12.1. The van der Waals surface area contributed by atoms with Crippen molar-refractivity contribution in [2.24, 2.45) is 0 Å². The van der Waals surface area contributed by atoms with E-state index in [4.69, 9.17) is 0 Å². The Bertz CT molecular complexity index is 616. The molecule has 0 radical (unpaired) electrons. The number of nitrogens with zero attached hydrogens (tertiary/aromatic N) is 3. The Morgan fingerprint density at radius 2 is 2.05 bits per heavy atom. The molecule has 0 saturated carbocycles. The van der Waals surface area contributed by atoms with Crippen LogP contribution in [0.3, 0.4) is 0 Å². The zero-order chi connectivity index (χ0) is 14.5. The number of benzene rings is 1. The fourth-order valence-electron chi connectivity index (χ4n) is 1.62. The lowest BCUT2D eigenvalue weighted by atomic mass is 10.2. The van der Waals surface area contributed by atoms with Crippen molar-refractivity contribution in [1.82, 2.24) is 15.3 Å². The van der Waals surface area contributed by atoms with Crippen LogP contribution in [-0.2, 0) is 6.54 Å². The highest BCUT2D eigenvalue weighted by atomic mass is 79.9. The summed E-state index contributed by atoms with van der Waals surface area (Å²) >= 11 is 3.36. The molecule has 0 bridgehead atoms. The van der Waals surface area contributed by atoms with Gasteiger partial charge in [0.1, 0.15) is 11.6 Å². The molecule has 6 heteroatoms. The molecule has 1 aromatic heterocycles. The number of aromatic nitrogens is 2. The quantitative estimate of drug-likeness (QED) is 0.931. The molecule has 1 heterocycles. The predicted molar refractivity (Wildman–Crippen MR) is 81.7 cm³/mol. The number of amides is 1. The molecule has 0 aliphatic carbocycles. The predicted octanol–water partition coefficient (Wildman–Crippen LogP) is 2.24. The van der Waals surface area contributed by atoms with Gasteiger partial charge in [0.05, 0.1) is 12.1 Å². The van der Waals surface area contributed by atoms with Crippen LogP contribution in [0.5, 0.6) is 0 Å². The molecule has 1 amide bonds. The van der Waals surface area contributed by atoms with Gasteiger partial charge in [0, 0.05) is 24.8 Å². The molecule has 0 saturated heterocycles. The Labute approximate surface area is 126 Å². The van der Waals surface area contributed by atoms with E-state index in [1.165, 1.54) is 0 Å². The van der Waals surface area contributed by atoms with Crippen molar-refractivity contribution in [3.8, 4) is 0 Å². The van der Waals surface area contributed by atoms with Gasteiger partial charge in [-0.05, 0) is 34.1 Å². The highest BCUT2D eigenvalue weighted by Crippen LogP contribution is 2.15. The third-order valence-corrected chi connectivity index (χ3v) is 3.37. The number of hydrogen-bond donors (Lipinski definition) is 1. The molecule has 5 nitrogen and oxygen atoms in total. The molecule has 0 aliphatic rings. The summed E-state index contributed by atoms with van der Waals surface area (Å²) in [4.78, 5) is 22.4. The van der Waals surface area contributed by atoms with Gasteiger partial charge in [-0.3, -0.25) is 4.79 Å². The Morgan fingerprint density at radius 1 is 1.30 bits per heavy atom. The number of carbonyl (C=O) groups is 1. The van der Waals surface area contributed by atoms with E-state index >= 15 is 0 Å². The van der Waals surface area contributed by atoms with Crippen molar-refractivity contribution in [2.75, 3.05) is 19.0 Å². The molecular formula is C14H15BrN4O. The molecule has 2 aromatic rings. The first-order chi connectivity index (χ1) is 9.58. The number of anilines is 1. The van der Waals surface area contributed by atoms with Gasteiger partial charge in [-0.25, -0.2) is 9.97 Å². The first-order valence-corrected chi connectivity index (χ1v) is 6.89. The minimum atomic E-state index is -0.156. The average molecular weight is 335 g/mol. The van der Waals surface area contributed by atoms with E-state index in [1.54, 1.807) is 12.3 Å². The molecule has 0 unspecified atom stereocenters. The van der Waals surface area contributed by atoms with E-state index in [9.17, 15) is 4.79 Å². The topological polar surface area (TPSA) is 58.1 Å². The number of nitrogens with one attached hydrogen (secondary N) is 1. The highest BCUT2D eigenvalue weighted by Gasteiger charge is 2.09. The van der Waals surface area contributed by atoms with Crippen molar-refractivity contribution >= 4 is 27.7 Å². The second kappa shape index (κ2) is 6.47. The number of halogens is 1. The third-order valence-electron chi connectivity index (χ3n) is 2.67. The zero-order valence-corrected chi connectivity index (χ0v) is 12.9. The lowest BCUT2D eigenvalue weighted by molar-refractivity contribution is 0.0949. The number of carbonyl (C=O) groups excluding carboxylic acids is 1. The first kappa shape index (κ1) is 14.5. The van der Waals surface area contributed by atoms with Crippen LogP contribution in [0.4, 0.5) is 5.82 Å². The van der Waals surface area contributed by atoms with Crippen LogP contribution in [0.25, 0.3) is 0 Å². The van der Waals surface area contributed by atoms with Crippen LogP contribution in [0.15, 0.2) is 41.0 Å². The van der Waals surface area contributed by atoms with Crippen molar-refractivity contribution in [3.05, 3.63) is 52.4 Å². The van der Waals surface area contributed by atoms with Crippen LogP contribution >= 0.6 is 15.9 Å². The van der Waals surface area contributed by atoms with Gasteiger partial charge in [0.25, 0.3) is 5.91 Å². The SMILES string of the molecule is CN(C)c1ccnc(CNC(=O)c2ccccc2Br)n1. The fraction of sp³-hybridized carbons (Fsp3) is 0.214. The molecule has 0 aliphatic heterocycles. The summed E-state index contributed by atoms with van der Waals surface area (Å²) in [7, 11) is 3.82. The Morgan fingerprint density at radius 3 is 2.75 bits per heavy atom. The lowest BCUT2D eigenvalue weighted by Gasteiger charge is -2.12. The van der Waals surface area contributed by atoms with Gasteiger partial charge in [-0.2, -0.15) is 0 Å². The van der Waals surface area contributed by atoms with E-state index in [2.05, 4.69) is 31.2 Å². The molecule has 0 fully saturated rings. The van der Waals surface area contributed by atoms with E-state index in [0.717, 1.165) is 10.3 Å². The minimum absolute atomic E-state index is 0.156. The summed E-state index contributed by atoms with van der Waals surface area (Å²) in [5.74, 6) is 1.23. The number of rotatable bonds is 4. The molecule has 104 valence electrons. The molecule has 1 aromatic carbocycles. The summed E-state index contributed by atoms with van der Waals surface area (Å²) in [6.07, 6.45) is 1.68. The van der Waals surface area contributed by atoms with Crippen LogP contribution < -0.4 is 10.2 Å². The van der Waals surface area contributed by atoms with Crippen molar-refractivity contribution in [1.29, 1.82) is 0 Å². The average Bonchev–Trinajstić information content (AvgIpc) is 2.45. The largest absolute Gasteiger partial charge is 0.363 e. The summed E-state index contributed by atoms with van der Waals surface area (Å²) in [5, 5.41) is 2.81. The standard InChI is InChI=1S/C14H15BrN4O/c1-19(2)13-7-8-16-12(18-13)9-17-14(20)10-5-3-4-6-11(10)15/h3-8H,9H2,1-2H3,(H,17,20). The summed E-state index contributed by atoms with van der Waals surface area (Å²) in [5.41, 5.74) is 0.594. The van der Waals surface area contributed by atoms with Gasteiger partial charge >= 0.3 is 0 Å². The molecule has 20 heavy (non-hydrogen) atoms. The first-order valence-electron chi connectivity index (χ1n) is 6.10. The van der Waals surface area contributed by atoms with E-state index in [-0.39, 0.29) is 5.91 Å². The highest BCUT2D eigenvalue weighted by molar-refractivity contribution is 9.10. The number of hydrogen-bond acceptors (Lipinski definition) is 4. The molecule has 2 rings (SSSR count). The van der Waals surface area contributed by atoms with Crippen molar-refractivity contribution in [3.63, 3.8) is 0 Å². The fourth-order valence-corrected chi connectivity index (χ4v) is 2.09. The van der Waals surface area contributed by atoms with Gasteiger partial charge in [0.15, 0.2) is 0 Å². The molecule has 0 atom stereocenters. The maximum Gasteiger partial charge on any atom is 0.252 e.